The molecule has 0 aliphatic carbocycles. The zero-order valence-corrected chi connectivity index (χ0v) is 6.86. The molecular formula is C7H11N3O. The predicted molar refractivity (Wildman–Crippen MR) is 43.9 cm³/mol. The Labute approximate surface area is 64.7 Å². The third-order valence-electron chi connectivity index (χ3n) is 1.51. The molecule has 0 unspecified atom stereocenters. The van der Waals surface area contributed by atoms with Crippen LogP contribution in [0, 0.1) is 13.8 Å². The minimum absolute atomic E-state index is 0.0816. The molecule has 0 saturated heterocycles. The monoisotopic (exact) mass is 153 g/mol. The highest BCUT2D eigenvalue weighted by Crippen LogP contribution is 2.02. The molecule has 1 aromatic rings. The molecule has 0 atom stereocenters. The number of H-pyrrole nitrogens is 1. The van der Waals surface area contributed by atoms with Crippen molar-refractivity contribution in [2.45, 2.75) is 13.8 Å². The highest BCUT2D eigenvalue weighted by molar-refractivity contribution is 5.40. The molecular weight excluding hydrogens is 142 g/mol. The van der Waals surface area contributed by atoms with E-state index in [2.05, 4.69) is 15.3 Å². The molecule has 0 fully saturated rings. The van der Waals surface area contributed by atoms with Gasteiger partial charge in [0.1, 0.15) is 11.6 Å². The van der Waals surface area contributed by atoms with E-state index in [9.17, 15) is 4.79 Å². The van der Waals surface area contributed by atoms with Gasteiger partial charge in [0.25, 0.3) is 5.56 Å². The number of nitrogens with zero attached hydrogens (tertiary/aromatic N) is 1. The molecule has 2 N–H and O–H groups in total. The maximum Gasteiger partial charge on any atom is 0.255 e. The lowest BCUT2D eigenvalue weighted by Crippen LogP contribution is -2.15. The normalized spacial score (nSPS) is 9.73. The van der Waals surface area contributed by atoms with Gasteiger partial charge in [0.2, 0.25) is 0 Å². The van der Waals surface area contributed by atoms with Gasteiger partial charge in [-0.1, -0.05) is 0 Å². The second kappa shape index (κ2) is 2.74. The van der Waals surface area contributed by atoms with Crippen molar-refractivity contribution in [3.63, 3.8) is 0 Å². The van der Waals surface area contributed by atoms with Gasteiger partial charge in [-0.15, -0.1) is 0 Å². The quantitative estimate of drug-likeness (QED) is 0.615. The van der Waals surface area contributed by atoms with Crippen molar-refractivity contribution in [3.05, 3.63) is 21.7 Å². The summed E-state index contributed by atoms with van der Waals surface area (Å²) in [6.45, 7) is 3.48. The molecule has 0 radical (unpaired) electrons. The van der Waals surface area contributed by atoms with E-state index in [0.717, 1.165) is 0 Å². The first-order valence-corrected chi connectivity index (χ1v) is 3.40. The van der Waals surface area contributed by atoms with Gasteiger partial charge in [0.15, 0.2) is 0 Å². The van der Waals surface area contributed by atoms with Crippen LogP contribution in [0.5, 0.6) is 0 Å². The van der Waals surface area contributed by atoms with Gasteiger partial charge in [0.05, 0.1) is 5.56 Å². The first kappa shape index (κ1) is 7.78. The van der Waals surface area contributed by atoms with Crippen molar-refractivity contribution in [2.24, 2.45) is 0 Å². The van der Waals surface area contributed by atoms with Crippen LogP contribution >= 0.6 is 0 Å². The van der Waals surface area contributed by atoms with Crippen LogP contribution < -0.4 is 10.9 Å². The average molecular weight is 153 g/mol. The van der Waals surface area contributed by atoms with Crippen LogP contribution in [0.2, 0.25) is 0 Å². The number of nitrogens with one attached hydrogen (secondary N) is 2. The summed E-state index contributed by atoms with van der Waals surface area (Å²) in [4.78, 5) is 17.8. The van der Waals surface area contributed by atoms with Crippen LogP contribution in [0.25, 0.3) is 0 Å². The number of rotatable bonds is 1. The van der Waals surface area contributed by atoms with E-state index in [0.29, 0.717) is 17.2 Å². The Kier molecular flexibility index (Phi) is 1.94. The van der Waals surface area contributed by atoms with Crippen LogP contribution in [0.3, 0.4) is 0 Å². The summed E-state index contributed by atoms with van der Waals surface area (Å²) in [5, 5.41) is 2.85. The first-order valence-electron chi connectivity index (χ1n) is 3.40. The summed E-state index contributed by atoms with van der Waals surface area (Å²) in [6, 6.07) is 0. The summed E-state index contributed by atoms with van der Waals surface area (Å²) in [6.07, 6.45) is 0. The molecule has 0 aliphatic heterocycles. The van der Waals surface area contributed by atoms with E-state index < -0.39 is 0 Å². The van der Waals surface area contributed by atoms with Gasteiger partial charge in [-0.2, -0.15) is 0 Å². The fourth-order valence-corrected chi connectivity index (χ4v) is 0.889. The van der Waals surface area contributed by atoms with Crippen molar-refractivity contribution in [1.29, 1.82) is 0 Å². The van der Waals surface area contributed by atoms with E-state index in [4.69, 9.17) is 0 Å². The van der Waals surface area contributed by atoms with E-state index in [1.807, 2.05) is 0 Å². The van der Waals surface area contributed by atoms with Gasteiger partial charge < -0.3 is 10.3 Å². The molecule has 11 heavy (non-hydrogen) atoms. The zero-order valence-electron chi connectivity index (χ0n) is 6.86. The van der Waals surface area contributed by atoms with Crippen LogP contribution in [-0.2, 0) is 0 Å². The molecule has 0 bridgehead atoms. The summed E-state index contributed by atoms with van der Waals surface area (Å²) in [5.41, 5.74) is 0.542. The lowest BCUT2D eigenvalue weighted by atomic mass is 10.3. The molecule has 0 spiro atoms. The van der Waals surface area contributed by atoms with Crippen LogP contribution in [-0.4, -0.2) is 17.0 Å². The number of aromatic amines is 1. The van der Waals surface area contributed by atoms with E-state index in [1.165, 1.54) is 0 Å². The van der Waals surface area contributed by atoms with Crippen LogP contribution in [0.4, 0.5) is 5.82 Å². The number of aromatic nitrogens is 2. The lowest BCUT2D eigenvalue weighted by molar-refractivity contribution is 0.995. The first-order chi connectivity index (χ1) is 5.15. The van der Waals surface area contributed by atoms with Gasteiger partial charge in [-0.05, 0) is 13.8 Å². The van der Waals surface area contributed by atoms with Gasteiger partial charge in [-0.3, -0.25) is 4.79 Å². The Balaban J connectivity index is 3.36. The third-order valence-corrected chi connectivity index (χ3v) is 1.51. The smallest absolute Gasteiger partial charge is 0.255 e. The molecule has 0 amide bonds. The number of aryl methyl sites for hydroxylation is 1. The molecule has 0 aromatic carbocycles. The Morgan fingerprint density at radius 2 is 2.09 bits per heavy atom. The second-order valence-electron chi connectivity index (χ2n) is 2.37. The molecule has 4 nitrogen and oxygen atoms in total. The van der Waals surface area contributed by atoms with Gasteiger partial charge in [-0.25, -0.2) is 4.98 Å². The van der Waals surface area contributed by atoms with E-state index >= 15 is 0 Å². The van der Waals surface area contributed by atoms with Crippen molar-refractivity contribution < 1.29 is 0 Å². The molecule has 0 aliphatic rings. The highest BCUT2D eigenvalue weighted by Gasteiger charge is 2.01. The van der Waals surface area contributed by atoms with Gasteiger partial charge >= 0.3 is 0 Å². The summed E-state index contributed by atoms with van der Waals surface area (Å²) in [7, 11) is 1.74. The largest absolute Gasteiger partial charge is 0.373 e. The highest BCUT2D eigenvalue weighted by atomic mass is 16.1. The fraction of sp³-hybridized carbons (Fsp3) is 0.429. The Bertz CT molecular complexity index is 316. The zero-order chi connectivity index (χ0) is 8.43. The minimum atomic E-state index is -0.0816. The summed E-state index contributed by atoms with van der Waals surface area (Å²) in [5.74, 6) is 1.27. The second-order valence-corrected chi connectivity index (χ2v) is 2.37. The molecule has 0 saturated carbocycles. The molecule has 1 aromatic heterocycles. The third kappa shape index (κ3) is 1.39. The van der Waals surface area contributed by atoms with E-state index in [-0.39, 0.29) is 5.56 Å². The maximum atomic E-state index is 11.1. The van der Waals surface area contributed by atoms with Crippen molar-refractivity contribution >= 4 is 5.82 Å². The number of anilines is 1. The number of hydrogen-bond donors (Lipinski definition) is 2. The maximum absolute atomic E-state index is 11.1. The van der Waals surface area contributed by atoms with Gasteiger partial charge in [0, 0.05) is 7.05 Å². The lowest BCUT2D eigenvalue weighted by Gasteiger charge is -2.02. The van der Waals surface area contributed by atoms with Crippen molar-refractivity contribution in [2.75, 3.05) is 12.4 Å². The molecule has 1 heterocycles. The van der Waals surface area contributed by atoms with Crippen molar-refractivity contribution in [3.8, 4) is 0 Å². The Morgan fingerprint density at radius 1 is 1.45 bits per heavy atom. The number of hydrogen-bond acceptors (Lipinski definition) is 3. The standard InChI is InChI=1S/C7H11N3O/c1-4-6(8-3)9-5(2)10-7(4)11/h1-3H3,(H2,8,9,10,11). The molecule has 4 heteroatoms. The SMILES string of the molecule is CNc1nc(C)[nH]c(=O)c1C. The Morgan fingerprint density at radius 3 is 2.64 bits per heavy atom. The minimum Gasteiger partial charge on any atom is -0.373 e. The van der Waals surface area contributed by atoms with Crippen LogP contribution in [0.1, 0.15) is 11.4 Å². The predicted octanol–water partition coefficient (Wildman–Crippen LogP) is 0.428. The summed E-state index contributed by atoms with van der Waals surface area (Å²) >= 11 is 0. The molecule has 1 rings (SSSR count). The summed E-state index contributed by atoms with van der Waals surface area (Å²) < 4.78 is 0. The average Bonchev–Trinajstić information content (AvgIpc) is 1.96. The Hall–Kier alpha value is -1.32. The fourth-order valence-electron chi connectivity index (χ4n) is 0.889. The van der Waals surface area contributed by atoms with E-state index in [1.54, 1.807) is 20.9 Å². The molecule has 60 valence electrons. The van der Waals surface area contributed by atoms with Crippen molar-refractivity contribution in [1.82, 2.24) is 9.97 Å². The topological polar surface area (TPSA) is 57.8 Å². The van der Waals surface area contributed by atoms with Crippen LogP contribution in [0.15, 0.2) is 4.79 Å².